The van der Waals surface area contributed by atoms with Gasteiger partial charge in [-0.25, -0.2) is 9.59 Å². The summed E-state index contributed by atoms with van der Waals surface area (Å²) in [5.41, 5.74) is -5.80. The maximum absolute atomic E-state index is 13.6. The lowest BCUT2D eigenvalue weighted by atomic mass is 9.47. The lowest BCUT2D eigenvalue weighted by Gasteiger charge is -2.65. The van der Waals surface area contributed by atoms with E-state index in [-0.39, 0.29) is 24.0 Å². The van der Waals surface area contributed by atoms with E-state index in [4.69, 9.17) is 23.7 Å². The molecule has 11 nitrogen and oxygen atoms in total. The molecule has 5 rings (SSSR count). The average Bonchev–Trinajstić information content (AvgIpc) is 3.16. The summed E-state index contributed by atoms with van der Waals surface area (Å²) in [5.74, 6) is -3.62. The molecule has 0 unspecified atom stereocenters. The van der Waals surface area contributed by atoms with E-state index in [0.717, 1.165) is 0 Å². The minimum atomic E-state index is -1.78. The van der Waals surface area contributed by atoms with Crippen molar-refractivity contribution in [3.8, 4) is 0 Å². The Labute approximate surface area is 249 Å². The summed E-state index contributed by atoms with van der Waals surface area (Å²) in [5, 5.41) is 12.3. The molecule has 230 valence electrons. The standard InChI is InChI=1S/C32H37NO10/c1-18(34)39-22-12-15-30(5,38)32-25(41-28(37)21-13-16-33-17-14-21)23(29(3,4)43-32)24(40-19(2)35)26(31(22,32)6)42-27(36)20-10-8-7-9-11-20/h7-11,13-14,16-17,22-26,38H,12,15H2,1-6H3/t22-,23+,24-,25+,26-,30-,31-,32-/m0/s1. The number of aliphatic hydroxyl groups is 1. The number of carbonyl (C=O) groups is 4. The summed E-state index contributed by atoms with van der Waals surface area (Å²) < 4.78 is 31.1. The highest BCUT2D eigenvalue weighted by atomic mass is 16.6. The Hall–Kier alpha value is -3.83. The van der Waals surface area contributed by atoms with Gasteiger partial charge in [0, 0.05) is 26.2 Å². The summed E-state index contributed by atoms with van der Waals surface area (Å²) >= 11 is 0. The van der Waals surface area contributed by atoms with Crippen LogP contribution in [0, 0.1) is 11.3 Å². The summed E-state index contributed by atoms with van der Waals surface area (Å²) in [6.45, 7) is 9.19. The highest BCUT2D eigenvalue weighted by molar-refractivity contribution is 5.90. The van der Waals surface area contributed by atoms with Gasteiger partial charge in [0.25, 0.3) is 0 Å². The van der Waals surface area contributed by atoms with Crippen molar-refractivity contribution < 1.29 is 48.0 Å². The first-order valence-corrected chi connectivity index (χ1v) is 14.3. The Morgan fingerprint density at radius 2 is 1.37 bits per heavy atom. The van der Waals surface area contributed by atoms with E-state index in [0.29, 0.717) is 0 Å². The Kier molecular flexibility index (Phi) is 7.63. The van der Waals surface area contributed by atoms with Gasteiger partial charge in [-0.1, -0.05) is 18.2 Å². The maximum Gasteiger partial charge on any atom is 0.338 e. The van der Waals surface area contributed by atoms with Crippen LogP contribution in [0.3, 0.4) is 0 Å². The van der Waals surface area contributed by atoms with Crippen molar-refractivity contribution in [2.45, 2.75) is 95.6 Å². The van der Waals surface area contributed by atoms with Gasteiger partial charge < -0.3 is 28.8 Å². The third kappa shape index (κ3) is 4.78. The molecule has 8 atom stereocenters. The van der Waals surface area contributed by atoms with Gasteiger partial charge in [0.1, 0.15) is 23.9 Å². The Morgan fingerprint density at radius 1 is 0.814 bits per heavy atom. The van der Waals surface area contributed by atoms with E-state index in [1.807, 2.05) is 0 Å². The molecule has 0 amide bonds. The lowest BCUT2D eigenvalue weighted by molar-refractivity contribution is -0.335. The van der Waals surface area contributed by atoms with Gasteiger partial charge >= 0.3 is 23.9 Å². The average molecular weight is 596 g/mol. The van der Waals surface area contributed by atoms with Crippen LogP contribution in [-0.4, -0.2) is 75.2 Å². The third-order valence-electron chi connectivity index (χ3n) is 9.36. The number of fused-ring (bicyclic) bond motifs is 1. The highest BCUT2D eigenvalue weighted by Crippen LogP contribution is 2.69. The zero-order chi connectivity index (χ0) is 31.4. The van der Waals surface area contributed by atoms with Crippen LogP contribution in [0.4, 0.5) is 0 Å². The van der Waals surface area contributed by atoms with Gasteiger partial charge in [0.2, 0.25) is 0 Å². The molecule has 43 heavy (non-hydrogen) atoms. The van der Waals surface area contributed by atoms with Crippen LogP contribution in [-0.2, 0) is 33.3 Å². The van der Waals surface area contributed by atoms with Crippen molar-refractivity contribution in [2.24, 2.45) is 11.3 Å². The molecule has 1 aromatic heterocycles. The van der Waals surface area contributed by atoms with Gasteiger partial charge in [0.05, 0.1) is 33.7 Å². The summed E-state index contributed by atoms with van der Waals surface area (Å²) in [7, 11) is 0. The molecule has 3 fully saturated rings. The van der Waals surface area contributed by atoms with Crippen molar-refractivity contribution in [3.05, 3.63) is 66.0 Å². The number of hydrogen-bond donors (Lipinski definition) is 1. The zero-order valence-electron chi connectivity index (χ0n) is 25.1. The van der Waals surface area contributed by atoms with Crippen LogP contribution < -0.4 is 0 Å². The van der Waals surface area contributed by atoms with Crippen molar-refractivity contribution in [1.29, 1.82) is 0 Å². The molecule has 1 spiro atoms. The van der Waals surface area contributed by atoms with E-state index >= 15 is 0 Å². The minimum Gasteiger partial charge on any atom is -0.462 e. The van der Waals surface area contributed by atoms with Crippen LogP contribution in [0.25, 0.3) is 0 Å². The second kappa shape index (κ2) is 10.7. The first-order chi connectivity index (χ1) is 20.2. The second-order valence-corrected chi connectivity index (χ2v) is 12.5. The number of carbonyl (C=O) groups excluding carboxylic acids is 4. The molecular weight excluding hydrogens is 558 g/mol. The largest absolute Gasteiger partial charge is 0.462 e. The molecule has 2 saturated carbocycles. The molecular formula is C32H37NO10. The van der Waals surface area contributed by atoms with Gasteiger partial charge in [0.15, 0.2) is 6.10 Å². The highest BCUT2D eigenvalue weighted by Gasteiger charge is 2.85. The van der Waals surface area contributed by atoms with E-state index in [1.165, 1.54) is 38.4 Å². The SMILES string of the molecule is CC(=O)O[C@H]1[C@@H]2[C@@H](OC(=O)c3ccncc3)[C@@]3(OC2(C)C)[C@@](C)([C@@H](OC(C)=O)CC[C@]3(C)O)[C@H]1OC(=O)c1ccccc1. The van der Waals surface area contributed by atoms with Crippen LogP contribution in [0.15, 0.2) is 54.9 Å². The number of aromatic nitrogens is 1. The van der Waals surface area contributed by atoms with Gasteiger partial charge in [-0.3, -0.25) is 14.6 Å². The first-order valence-electron chi connectivity index (χ1n) is 14.3. The minimum absolute atomic E-state index is 0.101. The van der Waals surface area contributed by atoms with Crippen molar-refractivity contribution in [2.75, 3.05) is 0 Å². The number of ether oxygens (including phenoxy) is 5. The van der Waals surface area contributed by atoms with Gasteiger partial charge in [-0.15, -0.1) is 0 Å². The lowest BCUT2D eigenvalue weighted by Crippen LogP contribution is -2.81. The number of nitrogens with zero attached hydrogens (tertiary/aromatic N) is 1. The topological polar surface area (TPSA) is 148 Å². The molecule has 1 N–H and O–H groups in total. The first kappa shape index (κ1) is 30.6. The molecule has 3 aliphatic rings. The fourth-order valence-electron chi connectivity index (χ4n) is 7.68. The fraction of sp³-hybridized carbons (Fsp3) is 0.531. The number of esters is 4. The van der Waals surface area contributed by atoms with Crippen molar-refractivity contribution >= 4 is 23.9 Å². The predicted octanol–water partition coefficient (Wildman–Crippen LogP) is 3.42. The molecule has 1 aliphatic heterocycles. The quantitative estimate of drug-likeness (QED) is 0.387. The number of rotatable bonds is 6. The monoisotopic (exact) mass is 595 g/mol. The smallest absolute Gasteiger partial charge is 0.338 e. The van der Waals surface area contributed by atoms with E-state index < -0.39 is 76.4 Å². The van der Waals surface area contributed by atoms with E-state index in [1.54, 1.807) is 58.0 Å². The number of pyridine rings is 1. The second-order valence-electron chi connectivity index (χ2n) is 12.5. The third-order valence-corrected chi connectivity index (χ3v) is 9.36. The van der Waals surface area contributed by atoms with Crippen molar-refractivity contribution in [1.82, 2.24) is 4.98 Å². The summed E-state index contributed by atoms with van der Waals surface area (Å²) in [6, 6.07) is 11.3. The Bertz CT molecular complexity index is 1410. The molecule has 2 bridgehead atoms. The van der Waals surface area contributed by atoms with Crippen LogP contribution in [0.1, 0.15) is 75.1 Å². The van der Waals surface area contributed by atoms with Crippen LogP contribution >= 0.6 is 0 Å². The molecule has 2 heterocycles. The maximum atomic E-state index is 13.6. The van der Waals surface area contributed by atoms with E-state index in [9.17, 15) is 24.3 Å². The van der Waals surface area contributed by atoms with Gasteiger partial charge in [-0.05, 0) is 64.8 Å². The van der Waals surface area contributed by atoms with Crippen LogP contribution in [0.5, 0.6) is 0 Å². The zero-order valence-corrected chi connectivity index (χ0v) is 25.1. The number of hydrogen-bond acceptors (Lipinski definition) is 11. The molecule has 11 heteroatoms. The predicted molar refractivity (Wildman–Crippen MR) is 150 cm³/mol. The van der Waals surface area contributed by atoms with E-state index in [2.05, 4.69) is 4.98 Å². The Balaban J connectivity index is 1.75. The van der Waals surface area contributed by atoms with Crippen LogP contribution in [0.2, 0.25) is 0 Å². The molecule has 0 radical (unpaired) electrons. The molecule has 1 aromatic carbocycles. The van der Waals surface area contributed by atoms with Gasteiger partial charge in [-0.2, -0.15) is 0 Å². The summed E-state index contributed by atoms with van der Waals surface area (Å²) in [6.07, 6.45) is -1.57. The summed E-state index contributed by atoms with van der Waals surface area (Å²) in [4.78, 5) is 56.3. The normalized spacial score (nSPS) is 35.7. The Morgan fingerprint density at radius 3 is 1.95 bits per heavy atom. The molecule has 2 aromatic rings. The molecule has 2 aliphatic carbocycles. The number of benzene rings is 1. The molecule has 1 saturated heterocycles. The van der Waals surface area contributed by atoms with Crippen molar-refractivity contribution in [3.63, 3.8) is 0 Å². The fourth-order valence-corrected chi connectivity index (χ4v) is 7.68.